The Kier molecular flexibility index (Phi) is 5.95. The summed E-state index contributed by atoms with van der Waals surface area (Å²) in [5.41, 5.74) is 2.17. The first-order valence-electron chi connectivity index (χ1n) is 8.73. The molecule has 1 unspecified atom stereocenters. The van der Waals surface area contributed by atoms with Crippen molar-refractivity contribution in [3.63, 3.8) is 0 Å². The summed E-state index contributed by atoms with van der Waals surface area (Å²) in [5, 5.41) is 25.8. The van der Waals surface area contributed by atoms with E-state index in [-0.39, 0.29) is 24.0 Å². The molecule has 0 saturated heterocycles. The van der Waals surface area contributed by atoms with Gasteiger partial charge in [-0.2, -0.15) is 0 Å². The van der Waals surface area contributed by atoms with Crippen LogP contribution in [0.3, 0.4) is 0 Å². The molecule has 0 bridgehead atoms. The molecule has 27 heavy (non-hydrogen) atoms. The molecule has 1 aliphatic carbocycles. The van der Waals surface area contributed by atoms with Crippen LogP contribution in [-0.2, 0) is 18.6 Å². The van der Waals surface area contributed by atoms with Gasteiger partial charge in [-0.25, -0.2) is 0 Å². The zero-order valence-corrected chi connectivity index (χ0v) is 17.4. The van der Waals surface area contributed by atoms with Crippen LogP contribution in [-0.4, -0.2) is 39.3 Å². The minimum Gasteiger partial charge on any atom is -0.383 e. The summed E-state index contributed by atoms with van der Waals surface area (Å²) in [6.07, 6.45) is 3.54. The molecule has 3 N–H and O–H groups in total. The van der Waals surface area contributed by atoms with Crippen LogP contribution in [0, 0.1) is 0 Å². The number of hydrogen-bond donors (Lipinski definition) is 3. The molecule has 0 radical (unpaired) electrons. The fraction of sp³-hybridized carbons (Fsp3) is 0.316. The van der Waals surface area contributed by atoms with Crippen LogP contribution in [0.2, 0.25) is 0 Å². The van der Waals surface area contributed by atoms with Crippen molar-refractivity contribution in [1.82, 2.24) is 25.2 Å². The van der Waals surface area contributed by atoms with Gasteiger partial charge in [0.15, 0.2) is 17.4 Å². The standard InChI is InChI=1S/C19H22N6O.HI/c1-20-18(21-12-17-24-23-16-8-4-5-11-25(16)17)22-13-19(26)10-9-14-6-2-3-7-15(14)19;/h2-8,11,26H,9-10,12-13H2,1H3,(H2,20,21,22);1H. The third kappa shape index (κ3) is 3.91. The molecular weight excluding hydrogens is 455 g/mol. The van der Waals surface area contributed by atoms with E-state index < -0.39 is 5.60 Å². The molecular formula is C19H23IN6O. The lowest BCUT2D eigenvalue weighted by Crippen LogP contribution is -2.44. The summed E-state index contributed by atoms with van der Waals surface area (Å²) in [5.74, 6) is 1.42. The fourth-order valence-electron chi connectivity index (χ4n) is 3.48. The van der Waals surface area contributed by atoms with Gasteiger partial charge in [0.25, 0.3) is 0 Å². The number of fused-ring (bicyclic) bond motifs is 2. The molecule has 3 aromatic rings. The predicted octanol–water partition coefficient (Wildman–Crippen LogP) is 1.85. The van der Waals surface area contributed by atoms with Gasteiger partial charge in [-0.3, -0.25) is 9.39 Å². The van der Waals surface area contributed by atoms with Crippen LogP contribution >= 0.6 is 24.0 Å². The van der Waals surface area contributed by atoms with Crippen molar-refractivity contribution < 1.29 is 5.11 Å². The van der Waals surface area contributed by atoms with Crippen molar-refractivity contribution in [2.24, 2.45) is 4.99 Å². The molecule has 1 aliphatic rings. The maximum Gasteiger partial charge on any atom is 0.191 e. The Morgan fingerprint density at radius 3 is 2.85 bits per heavy atom. The molecule has 4 rings (SSSR count). The van der Waals surface area contributed by atoms with Crippen LogP contribution in [0.5, 0.6) is 0 Å². The average Bonchev–Trinajstić information content (AvgIpc) is 3.24. The zero-order valence-electron chi connectivity index (χ0n) is 15.1. The van der Waals surface area contributed by atoms with Crippen LogP contribution in [0.4, 0.5) is 0 Å². The minimum atomic E-state index is -0.865. The number of aliphatic hydroxyl groups is 1. The second kappa shape index (κ2) is 8.22. The number of hydrogen-bond acceptors (Lipinski definition) is 4. The molecule has 0 saturated carbocycles. The number of aryl methyl sites for hydroxylation is 1. The number of guanidine groups is 1. The summed E-state index contributed by atoms with van der Waals surface area (Å²) in [7, 11) is 1.71. The highest BCUT2D eigenvalue weighted by molar-refractivity contribution is 14.0. The molecule has 2 heterocycles. The average molecular weight is 478 g/mol. The number of aliphatic imine (C=N–C) groups is 1. The second-order valence-corrected chi connectivity index (χ2v) is 6.51. The summed E-state index contributed by atoms with van der Waals surface area (Å²) >= 11 is 0. The molecule has 0 amide bonds. The molecule has 0 aliphatic heterocycles. The third-order valence-corrected chi connectivity index (χ3v) is 4.90. The van der Waals surface area contributed by atoms with Crippen molar-refractivity contribution in [2.75, 3.05) is 13.6 Å². The first-order valence-corrected chi connectivity index (χ1v) is 8.73. The minimum absolute atomic E-state index is 0. The van der Waals surface area contributed by atoms with Crippen LogP contribution < -0.4 is 10.6 Å². The van der Waals surface area contributed by atoms with E-state index in [1.165, 1.54) is 5.56 Å². The largest absolute Gasteiger partial charge is 0.383 e. The topological polar surface area (TPSA) is 86.8 Å². The lowest BCUT2D eigenvalue weighted by molar-refractivity contribution is 0.0432. The highest BCUT2D eigenvalue weighted by Gasteiger charge is 2.36. The quantitative estimate of drug-likeness (QED) is 0.303. The molecule has 1 atom stereocenters. The SMILES string of the molecule is CN=C(NCc1nnc2ccccn12)NCC1(O)CCc2ccccc21.I. The van der Waals surface area contributed by atoms with Gasteiger partial charge in [-0.05, 0) is 36.1 Å². The Morgan fingerprint density at radius 1 is 1.19 bits per heavy atom. The Labute approximate surface area is 174 Å². The van der Waals surface area contributed by atoms with E-state index in [1.54, 1.807) is 7.05 Å². The summed E-state index contributed by atoms with van der Waals surface area (Å²) < 4.78 is 1.93. The van der Waals surface area contributed by atoms with Crippen LogP contribution in [0.25, 0.3) is 5.65 Å². The van der Waals surface area contributed by atoms with Gasteiger partial charge in [-0.15, -0.1) is 34.2 Å². The first kappa shape index (κ1) is 19.6. The molecule has 8 heteroatoms. The number of rotatable bonds is 4. The second-order valence-electron chi connectivity index (χ2n) is 6.51. The van der Waals surface area contributed by atoms with Gasteiger partial charge in [-0.1, -0.05) is 30.3 Å². The number of halogens is 1. The summed E-state index contributed by atoms with van der Waals surface area (Å²) in [6.45, 7) is 0.893. The molecule has 0 spiro atoms. The Balaban J connectivity index is 0.00000210. The fourth-order valence-corrected chi connectivity index (χ4v) is 3.48. The highest BCUT2D eigenvalue weighted by Crippen LogP contribution is 2.36. The van der Waals surface area contributed by atoms with Gasteiger partial charge in [0.05, 0.1) is 13.1 Å². The Hall–Kier alpha value is -2.20. The number of nitrogens with one attached hydrogen (secondary N) is 2. The van der Waals surface area contributed by atoms with Gasteiger partial charge >= 0.3 is 0 Å². The smallest absolute Gasteiger partial charge is 0.191 e. The van der Waals surface area contributed by atoms with Gasteiger partial charge < -0.3 is 15.7 Å². The lowest BCUT2D eigenvalue weighted by atomic mass is 9.96. The normalized spacial score (nSPS) is 18.8. The zero-order chi connectivity index (χ0) is 18.0. The molecule has 0 fully saturated rings. The Bertz CT molecular complexity index is 956. The van der Waals surface area contributed by atoms with Gasteiger partial charge in [0.1, 0.15) is 5.60 Å². The van der Waals surface area contributed by atoms with E-state index in [9.17, 15) is 5.11 Å². The number of aromatic nitrogens is 3. The van der Waals surface area contributed by atoms with E-state index in [0.717, 1.165) is 23.5 Å². The third-order valence-electron chi connectivity index (χ3n) is 4.90. The van der Waals surface area contributed by atoms with Gasteiger partial charge in [0.2, 0.25) is 0 Å². The van der Waals surface area contributed by atoms with Crippen molar-refractivity contribution >= 4 is 35.6 Å². The van der Waals surface area contributed by atoms with E-state index in [2.05, 4.69) is 31.9 Å². The lowest BCUT2D eigenvalue weighted by Gasteiger charge is -2.25. The maximum atomic E-state index is 11.0. The van der Waals surface area contributed by atoms with Crippen LogP contribution in [0.1, 0.15) is 23.4 Å². The molecule has 1 aromatic carbocycles. The van der Waals surface area contributed by atoms with Crippen molar-refractivity contribution in [1.29, 1.82) is 0 Å². The number of nitrogens with zero attached hydrogens (tertiary/aromatic N) is 4. The summed E-state index contributed by atoms with van der Waals surface area (Å²) in [4.78, 5) is 4.24. The van der Waals surface area contributed by atoms with E-state index >= 15 is 0 Å². The van der Waals surface area contributed by atoms with Crippen molar-refractivity contribution in [3.8, 4) is 0 Å². The molecule has 142 valence electrons. The monoisotopic (exact) mass is 478 g/mol. The van der Waals surface area contributed by atoms with Gasteiger partial charge in [0, 0.05) is 13.2 Å². The maximum absolute atomic E-state index is 11.0. The van der Waals surface area contributed by atoms with Crippen molar-refractivity contribution in [2.45, 2.75) is 25.0 Å². The van der Waals surface area contributed by atoms with Crippen LogP contribution in [0.15, 0.2) is 53.7 Å². The number of pyridine rings is 1. The number of benzene rings is 1. The van der Waals surface area contributed by atoms with E-state index in [0.29, 0.717) is 25.5 Å². The predicted molar refractivity (Wildman–Crippen MR) is 115 cm³/mol. The summed E-state index contributed by atoms with van der Waals surface area (Å²) in [6, 6.07) is 13.9. The van der Waals surface area contributed by atoms with Crippen molar-refractivity contribution in [3.05, 3.63) is 65.6 Å². The molecule has 2 aromatic heterocycles. The van der Waals surface area contributed by atoms with E-state index in [4.69, 9.17) is 0 Å². The highest BCUT2D eigenvalue weighted by atomic mass is 127. The first-order chi connectivity index (χ1) is 12.7. The Morgan fingerprint density at radius 2 is 2.00 bits per heavy atom. The van der Waals surface area contributed by atoms with E-state index in [1.807, 2.05) is 47.0 Å². The molecule has 7 nitrogen and oxygen atoms in total.